The summed E-state index contributed by atoms with van der Waals surface area (Å²) >= 11 is 0. The van der Waals surface area contributed by atoms with Gasteiger partial charge in [-0.25, -0.2) is 4.98 Å². The standard InChI is InChI=1S/C15H22N4O/c1-10(2)9-13(17-14(20)7-8-16)15-18-11-5-3-4-6-12(11)19-15/h3-6,10,13H,7-9,16H2,1-2H3,(H,17,20)(H,18,19). The minimum atomic E-state index is -0.0959. The van der Waals surface area contributed by atoms with Gasteiger partial charge in [0.1, 0.15) is 5.82 Å². The average molecular weight is 274 g/mol. The third kappa shape index (κ3) is 3.57. The van der Waals surface area contributed by atoms with Crippen LogP contribution < -0.4 is 11.1 Å². The summed E-state index contributed by atoms with van der Waals surface area (Å²) in [5, 5.41) is 3.01. The second-order valence-electron chi connectivity index (χ2n) is 5.43. The smallest absolute Gasteiger partial charge is 0.221 e. The molecule has 0 aliphatic heterocycles. The van der Waals surface area contributed by atoms with Crippen molar-refractivity contribution in [3.05, 3.63) is 30.1 Å². The molecule has 1 unspecified atom stereocenters. The maximum absolute atomic E-state index is 11.8. The van der Waals surface area contributed by atoms with E-state index in [1.54, 1.807) is 0 Å². The first-order valence-electron chi connectivity index (χ1n) is 7.04. The molecule has 1 atom stereocenters. The number of para-hydroxylation sites is 2. The summed E-state index contributed by atoms with van der Waals surface area (Å²) in [7, 11) is 0. The molecule has 0 saturated heterocycles. The van der Waals surface area contributed by atoms with Gasteiger partial charge in [0.15, 0.2) is 0 Å². The van der Waals surface area contributed by atoms with Gasteiger partial charge < -0.3 is 16.0 Å². The van der Waals surface area contributed by atoms with Crippen molar-refractivity contribution in [3.8, 4) is 0 Å². The molecule has 0 saturated carbocycles. The molecular weight excluding hydrogens is 252 g/mol. The van der Waals surface area contributed by atoms with Crippen LogP contribution in [0.3, 0.4) is 0 Å². The van der Waals surface area contributed by atoms with Crippen LogP contribution in [0, 0.1) is 5.92 Å². The van der Waals surface area contributed by atoms with Crippen molar-refractivity contribution < 1.29 is 4.79 Å². The summed E-state index contributed by atoms with van der Waals surface area (Å²) in [6, 6.07) is 7.77. The van der Waals surface area contributed by atoms with Crippen LogP contribution in [0.1, 0.15) is 38.6 Å². The van der Waals surface area contributed by atoms with Gasteiger partial charge in [-0.2, -0.15) is 0 Å². The van der Waals surface area contributed by atoms with E-state index in [1.807, 2.05) is 24.3 Å². The van der Waals surface area contributed by atoms with Gasteiger partial charge in [0, 0.05) is 13.0 Å². The lowest BCUT2D eigenvalue weighted by Crippen LogP contribution is -2.31. The number of carbonyl (C=O) groups excluding carboxylic acids is 1. The van der Waals surface area contributed by atoms with Crippen LogP contribution in [0.2, 0.25) is 0 Å². The molecule has 2 rings (SSSR count). The fraction of sp³-hybridized carbons (Fsp3) is 0.467. The van der Waals surface area contributed by atoms with Crippen LogP contribution >= 0.6 is 0 Å². The summed E-state index contributed by atoms with van der Waals surface area (Å²) in [5.41, 5.74) is 7.33. The summed E-state index contributed by atoms with van der Waals surface area (Å²) < 4.78 is 0. The van der Waals surface area contributed by atoms with E-state index in [1.165, 1.54) is 0 Å². The molecule has 0 bridgehead atoms. The summed E-state index contributed by atoms with van der Waals surface area (Å²) in [6.45, 7) is 4.62. The lowest BCUT2D eigenvalue weighted by atomic mass is 10.0. The van der Waals surface area contributed by atoms with Gasteiger partial charge in [-0.15, -0.1) is 0 Å². The minimum Gasteiger partial charge on any atom is -0.346 e. The number of H-pyrrole nitrogens is 1. The van der Waals surface area contributed by atoms with Crippen LogP contribution in [0.5, 0.6) is 0 Å². The van der Waals surface area contributed by atoms with E-state index in [4.69, 9.17) is 5.73 Å². The number of nitrogens with zero attached hydrogens (tertiary/aromatic N) is 1. The number of aromatic amines is 1. The average Bonchev–Trinajstić information content (AvgIpc) is 2.81. The number of amides is 1. The number of hydrogen-bond acceptors (Lipinski definition) is 3. The first kappa shape index (κ1) is 14.5. The van der Waals surface area contributed by atoms with Crippen molar-refractivity contribution in [2.45, 2.75) is 32.7 Å². The Kier molecular flexibility index (Phi) is 4.74. The van der Waals surface area contributed by atoms with E-state index in [-0.39, 0.29) is 11.9 Å². The predicted octanol–water partition coefficient (Wildman–Crippen LogP) is 2.12. The Morgan fingerprint density at radius 1 is 1.40 bits per heavy atom. The molecule has 1 heterocycles. The number of aromatic nitrogens is 2. The molecule has 5 heteroatoms. The molecule has 20 heavy (non-hydrogen) atoms. The fourth-order valence-electron chi connectivity index (χ4n) is 2.25. The lowest BCUT2D eigenvalue weighted by Gasteiger charge is -2.18. The maximum atomic E-state index is 11.8. The molecule has 0 radical (unpaired) electrons. The molecule has 2 aromatic rings. The Hall–Kier alpha value is -1.88. The van der Waals surface area contributed by atoms with Gasteiger partial charge in [0.05, 0.1) is 17.1 Å². The molecule has 1 aromatic heterocycles. The van der Waals surface area contributed by atoms with E-state index >= 15 is 0 Å². The van der Waals surface area contributed by atoms with Crippen molar-refractivity contribution in [1.29, 1.82) is 0 Å². The molecule has 0 fully saturated rings. The molecule has 0 spiro atoms. The van der Waals surface area contributed by atoms with Crippen molar-refractivity contribution in [3.63, 3.8) is 0 Å². The third-order valence-electron chi connectivity index (χ3n) is 3.15. The Morgan fingerprint density at radius 2 is 2.15 bits per heavy atom. The Bertz CT molecular complexity index is 543. The van der Waals surface area contributed by atoms with Gasteiger partial charge in [-0.3, -0.25) is 4.79 Å². The van der Waals surface area contributed by atoms with E-state index in [0.29, 0.717) is 18.9 Å². The van der Waals surface area contributed by atoms with Gasteiger partial charge in [0.25, 0.3) is 0 Å². The number of fused-ring (bicyclic) bond motifs is 1. The molecule has 1 amide bonds. The normalized spacial score (nSPS) is 12.8. The minimum absolute atomic E-state index is 0.0291. The van der Waals surface area contributed by atoms with Crippen LogP contribution in [-0.2, 0) is 4.79 Å². The number of benzene rings is 1. The van der Waals surface area contributed by atoms with Crippen molar-refractivity contribution in [2.75, 3.05) is 6.54 Å². The zero-order valence-electron chi connectivity index (χ0n) is 12.0. The lowest BCUT2D eigenvalue weighted by molar-refractivity contribution is -0.121. The van der Waals surface area contributed by atoms with Crippen molar-refractivity contribution >= 4 is 16.9 Å². The molecule has 0 aliphatic carbocycles. The van der Waals surface area contributed by atoms with E-state index < -0.39 is 0 Å². The highest BCUT2D eigenvalue weighted by Crippen LogP contribution is 2.21. The number of carbonyl (C=O) groups is 1. The molecule has 1 aromatic carbocycles. The van der Waals surface area contributed by atoms with Crippen LogP contribution in [0.4, 0.5) is 0 Å². The molecule has 5 nitrogen and oxygen atoms in total. The zero-order valence-corrected chi connectivity index (χ0v) is 12.0. The van der Waals surface area contributed by atoms with E-state index in [2.05, 4.69) is 29.1 Å². The largest absolute Gasteiger partial charge is 0.346 e. The zero-order chi connectivity index (χ0) is 14.5. The van der Waals surface area contributed by atoms with Crippen LogP contribution in [0.15, 0.2) is 24.3 Å². The highest BCUT2D eigenvalue weighted by atomic mass is 16.1. The van der Waals surface area contributed by atoms with E-state index in [0.717, 1.165) is 23.3 Å². The number of nitrogens with one attached hydrogen (secondary N) is 2. The number of rotatable bonds is 6. The maximum Gasteiger partial charge on any atom is 0.221 e. The van der Waals surface area contributed by atoms with Crippen molar-refractivity contribution in [1.82, 2.24) is 15.3 Å². The van der Waals surface area contributed by atoms with Crippen LogP contribution in [-0.4, -0.2) is 22.4 Å². The predicted molar refractivity (Wildman–Crippen MR) is 80.1 cm³/mol. The Balaban J connectivity index is 2.22. The first-order valence-corrected chi connectivity index (χ1v) is 7.04. The summed E-state index contributed by atoms with van der Waals surface area (Å²) in [5.74, 6) is 1.25. The molecular formula is C15H22N4O. The molecule has 4 N–H and O–H groups in total. The van der Waals surface area contributed by atoms with E-state index in [9.17, 15) is 4.79 Å². The van der Waals surface area contributed by atoms with Crippen molar-refractivity contribution in [2.24, 2.45) is 11.7 Å². The third-order valence-corrected chi connectivity index (χ3v) is 3.15. The summed E-state index contributed by atoms with van der Waals surface area (Å²) in [4.78, 5) is 19.7. The van der Waals surface area contributed by atoms with Gasteiger partial charge in [0.2, 0.25) is 5.91 Å². The van der Waals surface area contributed by atoms with Gasteiger partial charge in [-0.1, -0.05) is 26.0 Å². The number of hydrogen-bond donors (Lipinski definition) is 3. The quantitative estimate of drug-likeness (QED) is 0.754. The Morgan fingerprint density at radius 3 is 2.80 bits per heavy atom. The number of nitrogens with two attached hydrogens (primary N) is 1. The Labute approximate surface area is 119 Å². The monoisotopic (exact) mass is 274 g/mol. The van der Waals surface area contributed by atoms with Gasteiger partial charge >= 0.3 is 0 Å². The second kappa shape index (κ2) is 6.52. The molecule has 0 aliphatic rings. The molecule has 108 valence electrons. The fourth-order valence-corrected chi connectivity index (χ4v) is 2.25. The highest BCUT2D eigenvalue weighted by molar-refractivity contribution is 5.77. The highest BCUT2D eigenvalue weighted by Gasteiger charge is 2.19. The topological polar surface area (TPSA) is 83.8 Å². The van der Waals surface area contributed by atoms with Gasteiger partial charge in [-0.05, 0) is 24.5 Å². The second-order valence-corrected chi connectivity index (χ2v) is 5.43. The first-order chi connectivity index (χ1) is 9.60. The SMILES string of the molecule is CC(C)CC(NC(=O)CCN)c1nc2ccccc2[nH]1. The number of imidazole rings is 1. The van der Waals surface area contributed by atoms with Crippen LogP contribution in [0.25, 0.3) is 11.0 Å². The summed E-state index contributed by atoms with van der Waals surface area (Å²) in [6.07, 6.45) is 1.19.